The summed E-state index contributed by atoms with van der Waals surface area (Å²) >= 11 is 12.5. The van der Waals surface area contributed by atoms with Gasteiger partial charge in [0, 0.05) is 35.9 Å². The second kappa shape index (κ2) is 7.76. The molecule has 1 heterocycles. The van der Waals surface area contributed by atoms with Crippen molar-refractivity contribution in [1.29, 1.82) is 0 Å². The van der Waals surface area contributed by atoms with Gasteiger partial charge in [-0.25, -0.2) is 4.98 Å². The Bertz CT molecular complexity index is 567. The van der Waals surface area contributed by atoms with Crippen molar-refractivity contribution in [2.24, 2.45) is 0 Å². The first-order valence-corrected chi connectivity index (χ1v) is 7.54. The highest BCUT2D eigenvalue weighted by Crippen LogP contribution is 2.25. The molecule has 0 spiro atoms. The first kappa shape index (κ1) is 16.2. The molecule has 1 N–H and O–H groups in total. The van der Waals surface area contributed by atoms with Crippen molar-refractivity contribution in [1.82, 2.24) is 9.88 Å². The average Bonchev–Trinajstić information content (AvgIpc) is 2.44. The maximum atomic E-state index is 9.25. The summed E-state index contributed by atoms with van der Waals surface area (Å²) in [7, 11) is 0. The highest BCUT2D eigenvalue weighted by Gasteiger charge is 2.13. The number of aliphatic hydroxyl groups is 1. The summed E-state index contributed by atoms with van der Waals surface area (Å²) in [6, 6.07) is 11.9. The molecule has 0 atom stereocenters. The molecule has 0 radical (unpaired) electrons. The van der Waals surface area contributed by atoms with E-state index in [0.29, 0.717) is 23.3 Å². The lowest BCUT2D eigenvalue weighted by atomic mass is 10.2. The molecule has 0 aliphatic heterocycles. The molecule has 3 nitrogen and oxygen atoms in total. The zero-order chi connectivity index (χ0) is 15.2. The van der Waals surface area contributed by atoms with E-state index in [-0.39, 0.29) is 6.61 Å². The van der Waals surface area contributed by atoms with Crippen molar-refractivity contribution in [2.45, 2.75) is 20.0 Å². The highest BCUT2D eigenvalue weighted by atomic mass is 35.5. The van der Waals surface area contributed by atoms with Crippen molar-refractivity contribution in [3.63, 3.8) is 0 Å². The summed E-state index contributed by atoms with van der Waals surface area (Å²) in [6.45, 7) is 3.77. The Hall–Kier alpha value is -1.13. The van der Waals surface area contributed by atoms with Crippen molar-refractivity contribution in [2.75, 3.05) is 13.2 Å². The molecule has 1 aromatic carbocycles. The van der Waals surface area contributed by atoms with E-state index < -0.39 is 0 Å². The summed E-state index contributed by atoms with van der Waals surface area (Å²) < 4.78 is 0. The standard InChI is InChI=1S/C16H18Cl2N2O/c1-12-9-15(17)14(16(18)19-12)11-20(7-8-21)10-13-5-3-2-4-6-13/h2-6,9,21H,7-8,10-11H2,1H3. The monoisotopic (exact) mass is 324 g/mol. The number of aromatic nitrogens is 1. The number of hydrogen-bond acceptors (Lipinski definition) is 3. The smallest absolute Gasteiger partial charge is 0.135 e. The van der Waals surface area contributed by atoms with Gasteiger partial charge in [-0.3, -0.25) is 4.90 Å². The molecule has 2 rings (SSSR count). The van der Waals surface area contributed by atoms with E-state index in [4.69, 9.17) is 23.2 Å². The van der Waals surface area contributed by atoms with Crippen LogP contribution in [0.25, 0.3) is 0 Å². The van der Waals surface area contributed by atoms with Crippen LogP contribution in [0.1, 0.15) is 16.8 Å². The van der Waals surface area contributed by atoms with Crippen LogP contribution in [-0.2, 0) is 13.1 Å². The predicted molar refractivity (Wildman–Crippen MR) is 86.6 cm³/mol. The number of benzene rings is 1. The molecule has 0 saturated heterocycles. The zero-order valence-corrected chi connectivity index (χ0v) is 13.4. The molecule has 112 valence electrons. The lowest BCUT2D eigenvalue weighted by molar-refractivity contribution is 0.184. The van der Waals surface area contributed by atoms with Gasteiger partial charge >= 0.3 is 0 Å². The molecular weight excluding hydrogens is 307 g/mol. The molecule has 5 heteroatoms. The largest absolute Gasteiger partial charge is 0.395 e. The molecule has 0 unspecified atom stereocenters. The minimum Gasteiger partial charge on any atom is -0.395 e. The lowest BCUT2D eigenvalue weighted by Crippen LogP contribution is -2.26. The maximum absolute atomic E-state index is 9.25. The summed E-state index contributed by atoms with van der Waals surface area (Å²) in [4.78, 5) is 6.34. The van der Waals surface area contributed by atoms with Gasteiger partial charge in [0.05, 0.1) is 6.61 Å². The normalized spacial score (nSPS) is 11.1. The van der Waals surface area contributed by atoms with E-state index in [1.165, 1.54) is 5.56 Å². The third-order valence-electron chi connectivity index (χ3n) is 3.19. The van der Waals surface area contributed by atoms with Crippen molar-refractivity contribution in [3.05, 3.63) is 63.4 Å². The topological polar surface area (TPSA) is 36.4 Å². The SMILES string of the molecule is Cc1cc(Cl)c(CN(CCO)Cc2ccccc2)c(Cl)n1. The number of hydrogen-bond donors (Lipinski definition) is 1. The Balaban J connectivity index is 2.17. The van der Waals surface area contributed by atoms with Gasteiger partial charge in [-0.2, -0.15) is 0 Å². The zero-order valence-electron chi connectivity index (χ0n) is 11.9. The molecule has 0 amide bonds. The fourth-order valence-corrected chi connectivity index (χ4v) is 2.84. The third kappa shape index (κ3) is 4.68. The van der Waals surface area contributed by atoms with Gasteiger partial charge < -0.3 is 5.11 Å². The molecule has 0 saturated carbocycles. The van der Waals surface area contributed by atoms with Crippen LogP contribution >= 0.6 is 23.2 Å². The van der Waals surface area contributed by atoms with Crippen molar-refractivity contribution >= 4 is 23.2 Å². The molecule has 21 heavy (non-hydrogen) atoms. The van der Waals surface area contributed by atoms with Gasteiger partial charge in [0.1, 0.15) is 5.15 Å². The van der Waals surface area contributed by atoms with Gasteiger partial charge in [-0.15, -0.1) is 0 Å². The van der Waals surface area contributed by atoms with E-state index in [2.05, 4.69) is 22.0 Å². The van der Waals surface area contributed by atoms with E-state index in [9.17, 15) is 5.11 Å². The predicted octanol–water partition coefficient (Wildman–Crippen LogP) is 3.69. The molecule has 0 aliphatic rings. The Kier molecular flexibility index (Phi) is 6.00. The average molecular weight is 325 g/mol. The number of rotatable bonds is 6. The van der Waals surface area contributed by atoms with Crippen LogP contribution in [0.3, 0.4) is 0 Å². The quantitative estimate of drug-likeness (QED) is 0.823. The van der Waals surface area contributed by atoms with Crippen LogP contribution in [0, 0.1) is 6.92 Å². The summed E-state index contributed by atoms with van der Waals surface area (Å²) in [5.41, 5.74) is 2.78. The second-order valence-electron chi connectivity index (χ2n) is 4.93. The number of pyridine rings is 1. The van der Waals surface area contributed by atoms with Crippen LogP contribution in [-0.4, -0.2) is 28.1 Å². The molecule has 0 bridgehead atoms. The minimum atomic E-state index is 0.0847. The van der Waals surface area contributed by atoms with Crippen LogP contribution in [0.5, 0.6) is 0 Å². The number of aryl methyl sites for hydroxylation is 1. The molecule has 0 aliphatic carbocycles. The maximum Gasteiger partial charge on any atom is 0.135 e. The summed E-state index contributed by atoms with van der Waals surface area (Å²) in [6.07, 6.45) is 0. The molecule has 2 aromatic rings. The number of aliphatic hydroxyl groups excluding tert-OH is 1. The number of nitrogens with zero attached hydrogens (tertiary/aromatic N) is 2. The Labute approximate surface area is 135 Å². The fourth-order valence-electron chi connectivity index (χ4n) is 2.19. The van der Waals surface area contributed by atoms with E-state index >= 15 is 0 Å². The van der Waals surface area contributed by atoms with Gasteiger partial charge in [0.25, 0.3) is 0 Å². The van der Waals surface area contributed by atoms with E-state index in [1.54, 1.807) is 0 Å². The van der Waals surface area contributed by atoms with Crippen LogP contribution < -0.4 is 0 Å². The van der Waals surface area contributed by atoms with Crippen LogP contribution in [0.15, 0.2) is 36.4 Å². The Morgan fingerprint density at radius 1 is 1.14 bits per heavy atom. The van der Waals surface area contributed by atoms with E-state index in [0.717, 1.165) is 17.8 Å². The second-order valence-corrected chi connectivity index (χ2v) is 5.70. The van der Waals surface area contributed by atoms with E-state index in [1.807, 2.05) is 31.2 Å². The molecule has 1 aromatic heterocycles. The van der Waals surface area contributed by atoms with Crippen LogP contribution in [0.4, 0.5) is 0 Å². The van der Waals surface area contributed by atoms with Gasteiger partial charge in [-0.05, 0) is 18.6 Å². The van der Waals surface area contributed by atoms with Gasteiger partial charge in [0.2, 0.25) is 0 Å². The Morgan fingerprint density at radius 3 is 2.48 bits per heavy atom. The molecule has 0 fully saturated rings. The minimum absolute atomic E-state index is 0.0847. The van der Waals surface area contributed by atoms with Gasteiger partial charge in [0.15, 0.2) is 0 Å². The van der Waals surface area contributed by atoms with Gasteiger partial charge in [-0.1, -0.05) is 53.5 Å². The third-order valence-corrected chi connectivity index (χ3v) is 3.84. The molecular formula is C16H18Cl2N2O. The highest BCUT2D eigenvalue weighted by molar-refractivity contribution is 6.35. The van der Waals surface area contributed by atoms with Crippen molar-refractivity contribution in [3.8, 4) is 0 Å². The van der Waals surface area contributed by atoms with Crippen LogP contribution in [0.2, 0.25) is 10.2 Å². The number of halogens is 2. The first-order valence-electron chi connectivity index (χ1n) is 6.79. The fraction of sp³-hybridized carbons (Fsp3) is 0.312. The summed E-state index contributed by atoms with van der Waals surface area (Å²) in [5.74, 6) is 0. The van der Waals surface area contributed by atoms with Crippen molar-refractivity contribution < 1.29 is 5.11 Å². The lowest BCUT2D eigenvalue weighted by Gasteiger charge is -2.22. The summed E-state index contributed by atoms with van der Waals surface area (Å²) in [5, 5.41) is 10.3. The first-order chi connectivity index (χ1) is 10.1. The Morgan fingerprint density at radius 2 is 1.86 bits per heavy atom.